The lowest BCUT2D eigenvalue weighted by molar-refractivity contribution is 0.0912. The quantitative estimate of drug-likeness (QED) is 0.702. The zero-order chi connectivity index (χ0) is 12.3. The van der Waals surface area contributed by atoms with Crippen molar-refractivity contribution in [3.63, 3.8) is 0 Å². The van der Waals surface area contributed by atoms with Gasteiger partial charge in [0.05, 0.1) is 0 Å². The molecule has 0 fully saturated rings. The monoisotopic (exact) mass is 238 g/mol. The van der Waals surface area contributed by atoms with Crippen LogP contribution in [0, 0.1) is 19.8 Å². The van der Waals surface area contributed by atoms with E-state index in [9.17, 15) is 4.79 Å². The summed E-state index contributed by atoms with van der Waals surface area (Å²) >= 11 is 6.03. The summed E-state index contributed by atoms with van der Waals surface area (Å²) in [5, 5.41) is 0.735. The number of carbonyl (C=O) groups excluding carboxylic acids is 1. The summed E-state index contributed by atoms with van der Waals surface area (Å²) in [6, 6.07) is 3.80. The molecule has 0 bridgehead atoms. The van der Waals surface area contributed by atoms with Crippen LogP contribution in [0.4, 0.5) is 0 Å². The van der Waals surface area contributed by atoms with Crippen molar-refractivity contribution in [1.82, 2.24) is 0 Å². The van der Waals surface area contributed by atoms with Gasteiger partial charge in [0, 0.05) is 16.5 Å². The summed E-state index contributed by atoms with van der Waals surface area (Å²) in [5.74, 6) is 0.390. The molecular formula is C14H19ClO. The van der Waals surface area contributed by atoms with Crippen molar-refractivity contribution in [2.24, 2.45) is 5.92 Å². The van der Waals surface area contributed by atoms with E-state index in [0.29, 0.717) is 0 Å². The molecule has 1 aromatic carbocycles. The van der Waals surface area contributed by atoms with Crippen LogP contribution < -0.4 is 0 Å². The van der Waals surface area contributed by atoms with Crippen molar-refractivity contribution in [2.75, 3.05) is 0 Å². The second-order valence-electron chi connectivity index (χ2n) is 4.29. The maximum Gasteiger partial charge on any atom is 0.166 e. The molecule has 0 aliphatic heterocycles. The highest BCUT2D eigenvalue weighted by Gasteiger charge is 2.18. The molecule has 1 aromatic rings. The smallest absolute Gasteiger partial charge is 0.166 e. The van der Waals surface area contributed by atoms with Gasteiger partial charge in [0.1, 0.15) is 0 Å². The minimum Gasteiger partial charge on any atom is -0.294 e. The van der Waals surface area contributed by atoms with E-state index in [0.717, 1.165) is 34.6 Å². The van der Waals surface area contributed by atoms with E-state index in [1.165, 1.54) is 0 Å². The standard InChI is InChI=1S/C14H19ClO/c1-5-11(6-2)14(16)12-7-10(4)13(15)8-9(12)3/h7-8,11H,5-6H2,1-4H3. The summed E-state index contributed by atoms with van der Waals surface area (Å²) in [6.45, 7) is 8.00. The molecule has 16 heavy (non-hydrogen) atoms. The molecule has 88 valence electrons. The molecule has 0 amide bonds. The van der Waals surface area contributed by atoms with E-state index in [-0.39, 0.29) is 11.7 Å². The van der Waals surface area contributed by atoms with Crippen molar-refractivity contribution >= 4 is 17.4 Å². The average molecular weight is 239 g/mol. The van der Waals surface area contributed by atoms with Gasteiger partial charge in [-0.25, -0.2) is 0 Å². The molecule has 0 saturated heterocycles. The lowest BCUT2D eigenvalue weighted by Gasteiger charge is -2.14. The van der Waals surface area contributed by atoms with Crippen molar-refractivity contribution in [1.29, 1.82) is 0 Å². The fourth-order valence-electron chi connectivity index (χ4n) is 1.93. The summed E-state index contributed by atoms with van der Waals surface area (Å²) in [7, 11) is 0. The number of rotatable bonds is 4. The zero-order valence-electron chi connectivity index (χ0n) is 10.4. The molecule has 0 unspecified atom stereocenters. The highest BCUT2D eigenvalue weighted by Crippen LogP contribution is 2.24. The molecule has 0 heterocycles. The fraction of sp³-hybridized carbons (Fsp3) is 0.500. The van der Waals surface area contributed by atoms with Crippen molar-refractivity contribution in [2.45, 2.75) is 40.5 Å². The van der Waals surface area contributed by atoms with Gasteiger partial charge in [0.2, 0.25) is 0 Å². The van der Waals surface area contributed by atoms with Crippen LogP contribution in [0.25, 0.3) is 0 Å². The first kappa shape index (κ1) is 13.2. The Hall–Kier alpha value is -0.820. The van der Waals surface area contributed by atoms with Crippen LogP contribution >= 0.6 is 11.6 Å². The molecule has 0 atom stereocenters. The summed E-state index contributed by atoms with van der Waals surface area (Å²) < 4.78 is 0. The Kier molecular flexibility index (Phi) is 4.55. The number of hydrogen-bond donors (Lipinski definition) is 0. The minimum absolute atomic E-state index is 0.138. The lowest BCUT2D eigenvalue weighted by atomic mass is 9.90. The number of hydrogen-bond acceptors (Lipinski definition) is 1. The number of aryl methyl sites for hydroxylation is 2. The maximum atomic E-state index is 12.2. The van der Waals surface area contributed by atoms with Gasteiger partial charge in [-0.05, 0) is 49.9 Å². The third kappa shape index (κ3) is 2.65. The third-order valence-electron chi connectivity index (χ3n) is 3.13. The Morgan fingerprint density at radius 2 is 1.75 bits per heavy atom. The molecule has 2 heteroatoms. The molecule has 1 rings (SSSR count). The largest absolute Gasteiger partial charge is 0.294 e. The molecule has 0 spiro atoms. The van der Waals surface area contributed by atoms with E-state index in [1.54, 1.807) is 0 Å². The molecule has 0 saturated carbocycles. The van der Waals surface area contributed by atoms with Crippen LogP contribution in [0.5, 0.6) is 0 Å². The zero-order valence-corrected chi connectivity index (χ0v) is 11.2. The first-order valence-corrected chi connectivity index (χ1v) is 6.20. The van der Waals surface area contributed by atoms with Gasteiger partial charge in [-0.2, -0.15) is 0 Å². The van der Waals surface area contributed by atoms with Gasteiger partial charge in [-0.1, -0.05) is 25.4 Å². The highest BCUT2D eigenvalue weighted by atomic mass is 35.5. The van der Waals surface area contributed by atoms with E-state index in [2.05, 4.69) is 13.8 Å². The normalized spacial score (nSPS) is 10.9. The Morgan fingerprint density at radius 1 is 1.19 bits per heavy atom. The van der Waals surface area contributed by atoms with E-state index < -0.39 is 0 Å². The van der Waals surface area contributed by atoms with Gasteiger partial charge in [-0.3, -0.25) is 4.79 Å². The third-order valence-corrected chi connectivity index (χ3v) is 3.53. The second-order valence-corrected chi connectivity index (χ2v) is 4.70. The molecule has 0 aliphatic carbocycles. The summed E-state index contributed by atoms with van der Waals surface area (Å²) in [5.41, 5.74) is 2.78. The van der Waals surface area contributed by atoms with Gasteiger partial charge in [0.25, 0.3) is 0 Å². The lowest BCUT2D eigenvalue weighted by Crippen LogP contribution is -2.14. The van der Waals surface area contributed by atoms with Crippen LogP contribution in [0.2, 0.25) is 5.02 Å². The van der Waals surface area contributed by atoms with Crippen LogP contribution in [0.1, 0.15) is 48.2 Å². The molecular weight excluding hydrogens is 220 g/mol. The number of benzene rings is 1. The first-order chi connectivity index (χ1) is 7.51. The fourth-order valence-corrected chi connectivity index (χ4v) is 2.14. The topological polar surface area (TPSA) is 17.1 Å². The Morgan fingerprint density at radius 3 is 2.25 bits per heavy atom. The summed E-state index contributed by atoms with van der Waals surface area (Å²) in [6.07, 6.45) is 1.80. The number of halogens is 1. The van der Waals surface area contributed by atoms with Crippen LogP contribution in [0.15, 0.2) is 12.1 Å². The van der Waals surface area contributed by atoms with Crippen molar-refractivity contribution < 1.29 is 4.79 Å². The molecule has 0 radical (unpaired) electrons. The Labute approximate surface area is 103 Å². The van der Waals surface area contributed by atoms with Crippen molar-refractivity contribution in [3.8, 4) is 0 Å². The van der Waals surface area contributed by atoms with Gasteiger partial charge in [-0.15, -0.1) is 0 Å². The van der Waals surface area contributed by atoms with Crippen molar-refractivity contribution in [3.05, 3.63) is 33.8 Å². The second kappa shape index (κ2) is 5.49. The van der Waals surface area contributed by atoms with Gasteiger partial charge < -0.3 is 0 Å². The van der Waals surface area contributed by atoms with E-state index >= 15 is 0 Å². The first-order valence-electron chi connectivity index (χ1n) is 5.82. The predicted octanol–water partition coefficient (Wildman–Crippen LogP) is 4.58. The van der Waals surface area contributed by atoms with Gasteiger partial charge >= 0.3 is 0 Å². The Balaban J connectivity index is 3.13. The van der Waals surface area contributed by atoms with Gasteiger partial charge in [0.15, 0.2) is 5.78 Å². The average Bonchev–Trinajstić information content (AvgIpc) is 2.25. The number of Topliss-reactive ketones (excluding diaryl/α,β-unsaturated/α-hetero) is 1. The molecule has 0 N–H and O–H groups in total. The number of ketones is 1. The van der Waals surface area contributed by atoms with Crippen LogP contribution in [-0.4, -0.2) is 5.78 Å². The minimum atomic E-state index is 0.138. The molecule has 1 nitrogen and oxygen atoms in total. The molecule has 0 aromatic heterocycles. The van der Waals surface area contributed by atoms with E-state index in [4.69, 9.17) is 11.6 Å². The summed E-state index contributed by atoms with van der Waals surface area (Å²) in [4.78, 5) is 12.2. The predicted molar refractivity (Wildman–Crippen MR) is 69.3 cm³/mol. The SMILES string of the molecule is CCC(CC)C(=O)c1cc(C)c(Cl)cc1C. The van der Waals surface area contributed by atoms with Crippen LogP contribution in [0.3, 0.4) is 0 Å². The maximum absolute atomic E-state index is 12.2. The Bertz CT molecular complexity index is 392. The molecule has 0 aliphatic rings. The number of carbonyl (C=O) groups is 1. The highest BCUT2D eigenvalue weighted by molar-refractivity contribution is 6.31. The van der Waals surface area contributed by atoms with Crippen LogP contribution in [-0.2, 0) is 0 Å². The van der Waals surface area contributed by atoms with E-state index in [1.807, 2.05) is 26.0 Å².